The maximum atomic E-state index is 14.0. The molecule has 1 heterocycles. The molecule has 0 amide bonds. The summed E-state index contributed by atoms with van der Waals surface area (Å²) in [5.41, 5.74) is -1.87. The van der Waals surface area contributed by atoms with Crippen LogP contribution in [0.1, 0.15) is 32.2 Å². The van der Waals surface area contributed by atoms with E-state index in [1.807, 2.05) is 11.9 Å². The second kappa shape index (κ2) is 6.30. The SMILES string of the molecule is CCCCOC[C@H]1C[C@@H](n2cc(F)c(=O)[nH]c2=O)C1F. The number of aromatic amines is 1. The molecule has 0 aliphatic heterocycles. The minimum Gasteiger partial charge on any atom is -0.381 e. The van der Waals surface area contributed by atoms with Gasteiger partial charge in [-0.3, -0.25) is 14.3 Å². The van der Waals surface area contributed by atoms with Crippen LogP contribution in [0.5, 0.6) is 0 Å². The number of aromatic nitrogens is 2. The van der Waals surface area contributed by atoms with Crippen LogP contribution in [0.2, 0.25) is 0 Å². The van der Waals surface area contributed by atoms with Gasteiger partial charge in [0.15, 0.2) is 0 Å². The van der Waals surface area contributed by atoms with Crippen molar-refractivity contribution in [2.75, 3.05) is 13.2 Å². The Bertz CT molecular complexity index is 569. The highest BCUT2D eigenvalue weighted by molar-refractivity contribution is 4.98. The molecule has 3 atom stereocenters. The lowest BCUT2D eigenvalue weighted by atomic mass is 9.78. The third kappa shape index (κ3) is 2.98. The van der Waals surface area contributed by atoms with E-state index in [-0.39, 0.29) is 5.92 Å². The first kappa shape index (κ1) is 14.9. The topological polar surface area (TPSA) is 64.1 Å². The summed E-state index contributed by atoms with van der Waals surface area (Å²) in [5.74, 6) is -1.36. The van der Waals surface area contributed by atoms with Gasteiger partial charge in [-0.25, -0.2) is 9.18 Å². The van der Waals surface area contributed by atoms with E-state index in [0.29, 0.717) is 19.6 Å². The summed E-state index contributed by atoms with van der Waals surface area (Å²) in [7, 11) is 0. The number of alkyl halides is 1. The highest BCUT2D eigenvalue weighted by Crippen LogP contribution is 2.40. The van der Waals surface area contributed by atoms with Crippen molar-refractivity contribution >= 4 is 0 Å². The molecule has 1 aliphatic rings. The molecular formula is C13H18F2N2O3. The normalized spacial score (nSPS) is 25.4. The summed E-state index contributed by atoms with van der Waals surface area (Å²) in [6.07, 6.45) is 1.85. The van der Waals surface area contributed by atoms with Gasteiger partial charge >= 0.3 is 5.69 Å². The number of H-pyrrole nitrogens is 1. The molecule has 112 valence electrons. The number of hydrogen-bond donors (Lipinski definition) is 1. The van der Waals surface area contributed by atoms with Gasteiger partial charge in [0.25, 0.3) is 5.56 Å². The largest absolute Gasteiger partial charge is 0.381 e. The molecule has 1 N–H and O–H groups in total. The number of hydrogen-bond acceptors (Lipinski definition) is 3. The van der Waals surface area contributed by atoms with E-state index in [9.17, 15) is 18.4 Å². The Morgan fingerprint density at radius 3 is 2.90 bits per heavy atom. The Hall–Kier alpha value is -1.50. The van der Waals surface area contributed by atoms with Gasteiger partial charge < -0.3 is 4.74 Å². The van der Waals surface area contributed by atoms with Crippen molar-refractivity contribution in [2.45, 2.75) is 38.4 Å². The Kier molecular flexibility index (Phi) is 4.69. The summed E-state index contributed by atoms with van der Waals surface area (Å²) in [6.45, 7) is 2.94. The van der Waals surface area contributed by atoms with Crippen LogP contribution >= 0.6 is 0 Å². The average molecular weight is 288 g/mol. The lowest BCUT2D eigenvalue weighted by Gasteiger charge is -2.39. The molecule has 5 nitrogen and oxygen atoms in total. The van der Waals surface area contributed by atoms with Gasteiger partial charge in [0.05, 0.1) is 18.8 Å². The molecule has 1 fully saturated rings. The van der Waals surface area contributed by atoms with Crippen molar-refractivity contribution in [3.8, 4) is 0 Å². The first-order valence-corrected chi connectivity index (χ1v) is 6.77. The average Bonchev–Trinajstić information content (AvgIpc) is 2.41. The molecule has 0 bridgehead atoms. The molecule has 1 aromatic heterocycles. The van der Waals surface area contributed by atoms with Gasteiger partial charge in [-0.05, 0) is 12.8 Å². The number of unbranched alkanes of at least 4 members (excludes halogenated alkanes) is 1. The second-order valence-corrected chi connectivity index (χ2v) is 5.08. The first-order valence-electron chi connectivity index (χ1n) is 6.77. The van der Waals surface area contributed by atoms with E-state index in [1.54, 1.807) is 0 Å². The number of nitrogens with zero attached hydrogens (tertiary/aromatic N) is 1. The summed E-state index contributed by atoms with van der Waals surface area (Å²) < 4.78 is 33.4. The van der Waals surface area contributed by atoms with Crippen molar-refractivity contribution in [3.05, 3.63) is 32.9 Å². The third-order valence-corrected chi connectivity index (χ3v) is 3.62. The summed E-state index contributed by atoms with van der Waals surface area (Å²) in [5, 5.41) is 0. The highest BCUT2D eigenvalue weighted by atomic mass is 19.1. The predicted octanol–water partition coefficient (Wildman–Crippen LogP) is 1.39. The summed E-state index contributed by atoms with van der Waals surface area (Å²) >= 11 is 0. The molecule has 1 saturated carbocycles. The second-order valence-electron chi connectivity index (χ2n) is 5.08. The van der Waals surface area contributed by atoms with Crippen molar-refractivity contribution < 1.29 is 13.5 Å². The van der Waals surface area contributed by atoms with Crippen LogP contribution in [-0.4, -0.2) is 28.9 Å². The van der Waals surface area contributed by atoms with Crippen LogP contribution in [0.4, 0.5) is 8.78 Å². The zero-order valence-corrected chi connectivity index (χ0v) is 11.3. The molecule has 20 heavy (non-hydrogen) atoms. The van der Waals surface area contributed by atoms with E-state index in [1.165, 1.54) is 0 Å². The fraction of sp³-hybridized carbons (Fsp3) is 0.692. The Morgan fingerprint density at radius 2 is 2.25 bits per heavy atom. The monoisotopic (exact) mass is 288 g/mol. The van der Waals surface area contributed by atoms with Crippen molar-refractivity contribution in [3.63, 3.8) is 0 Å². The minimum atomic E-state index is -1.26. The van der Waals surface area contributed by atoms with Crippen molar-refractivity contribution in [1.82, 2.24) is 9.55 Å². The fourth-order valence-corrected chi connectivity index (χ4v) is 2.30. The number of halogens is 2. The molecule has 0 spiro atoms. The van der Waals surface area contributed by atoms with Gasteiger partial charge in [-0.2, -0.15) is 4.39 Å². The van der Waals surface area contributed by atoms with Crippen LogP contribution in [-0.2, 0) is 4.74 Å². The standard InChI is InChI=1S/C13H18F2N2O3/c1-2-3-4-20-7-8-5-10(11(8)15)17-6-9(14)12(18)16-13(17)19/h6,8,10-11H,2-5,7H2,1H3,(H,16,18,19)/t8-,10-,11?/m1/s1. The van der Waals surface area contributed by atoms with Gasteiger partial charge in [0.1, 0.15) is 6.17 Å². The van der Waals surface area contributed by atoms with Gasteiger partial charge in [-0.15, -0.1) is 0 Å². The molecule has 0 aromatic carbocycles. The molecule has 1 aliphatic carbocycles. The molecule has 7 heteroatoms. The molecule has 1 aromatic rings. The minimum absolute atomic E-state index is 0.279. The lowest BCUT2D eigenvalue weighted by Crippen LogP contribution is -2.47. The number of ether oxygens (including phenoxy) is 1. The van der Waals surface area contributed by atoms with E-state index < -0.39 is 29.3 Å². The smallest absolute Gasteiger partial charge is 0.328 e. The van der Waals surface area contributed by atoms with E-state index in [4.69, 9.17) is 4.74 Å². The van der Waals surface area contributed by atoms with E-state index in [2.05, 4.69) is 0 Å². The predicted molar refractivity (Wildman–Crippen MR) is 69.0 cm³/mol. The molecule has 0 radical (unpaired) electrons. The van der Waals surface area contributed by atoms with Gasteiger partial charge in [-0.1, -0.05) is 13.3 Å². The van der Waals surface area contributed by atoms with Crippen LogP contribution in [0.3, 0.4) is 0 Å². The summed E-state index contributed by atoms with van der Waals surface area (Å²) in [6, 6.07) is -0.728. The zero-order chi connectivity index (χ0) is 14.7. The molecular weight excluding hydrogens is 270 g/mol. The maximum absolute atomic E-state index is 14.0. The van der Waals surface area contributed by atoms with Gasteiger partial charge in [0, 0.05) is 12.5 Å². The lowest BCUT2D eigenvalue weighted by molar-refractivity contribution is -0.0275. The highest BCUT2D eigenvalue weighted by Gasteiger charge is 2.43. The Morgan fingerprint density at radius 1 is 1.50 bits per heavy atom. The Balaban J connectivity index is 1.95. The zero-order valence-electron chi connectivity index (χ0n) is 11.3. The fourth-order valence-electron chi connectivity index (χ4n) is 2.30. The number of nitrogens with one attached hydrogen (secondary N) is 1. The summed E-state index contributed by atoms with van der Waals surface area (Å²) in [4.78, 5) is 24.3. The molecule has 1 unspecified atom stereocenters. The van der Waals surface area contributed by atoms with Crippen LogP contribution in [0, 0.1) is 11.7 Å². The maximum Gasteiger partial charge on any atom is 0.328 e. The van der Waals surface area contributed by atoms with Crippen LogP contribution in [0.15, 0.2) is 15.8 Å². The van der Waals surface area contributed by atoms with E-state index >= 15 is 0 Å². The van der Waals surface area contributed by atoms with Gasteiger partial charge in [0.2, 0.25) is 5.82 Å². The van der Waals surface area contributed by atoms with E-state index in [0.717, 1.165) is 23.6 Å². The van der Waals surface area contributed by atoms with Crippen molar-refractivity contribution in [1.29, 1.82) is 0 Å². The van der Waals surface area contributed by atoms with Crippen LogP contribution < -0.4 is 11.2 Å². The number of rotatable bonds is 6. The molecule has 0 saturated heterocycles. The first-order chi connectivity index (χ1) is 9.54. The van der Waals surface area contributed by atoms with Crippen molar-refractivity contribution in [2.24, 2.45) is 5.92 Å². The molecule has 2 rings (SSSR count). The third-order valence-electron chi connectivity index (χ3n) is 3.62. The van der Waals surface area contributed by atoms with Crippen LogP contribution in [0.25, 0.3) is 0 Å². The quantitative estimate of drug-likeness (QED) is 0.805. The Labute approximate surface area is 114 Å².